The molecule has 0 aliphatic carbocycles. The van der Waals surface area contributed by atoms with E-state index < -0.39 is 41.4 Å². The maximum Gasteiger partial charge on any atom is 0.416 e. The van der Waals surface area contributed by atoms with Gasteiger partial charge >= 0.3 is 12.1 Å². The zero-order valence-corrected chi connectivity index (χ0v) is 19.5. The molecule has 10 nitrogen and oxygen atoms in total. The zero-order valence-electron chi connectivity index (χ0n) is 19.5. The van der Waals surface area contributed by atoms with Crippen LogP contribution in [0.4, 0.5) is 13.2 Å². The molecule has 0 aliphatic heterocycles. The molecular weight excluding hydrogens is 505 g/mol. The fourth-order valence-electron chi connectivity index (χ4n) is 3.73. The Morgan fingerprint density at radius 3 is 2.45 bits per heavy atom. The fraction of sp³-hybridized carbons (Fsp3) is 0.120. The number of hydrogen-bond acceptors (Lipinski definition) is 6. The van der Waals surface area contributed by atoms with Gasteiger partial charge in [0, 0.05) is 5.69 Å². The number of alkyl halides is 3. The summed E-state index contributed by atoms with van der Waals surface area (Å²) in [4.78, 5) is 41.2. The van der Waals surface area contributed by atoms with E-state index in [0.29, 0.717) is 11.3 Å². The van der Waals surface area contributed by atoms with Crippen LogP contribution < -0.4 is 10.9 Å². The molecule has 4 rings (SSSR count). The van der Waals surface area contributed by atoms with Gasteiger partial charge in [0.25, 0.3) is 11.5 Å². The second-order valence-corrected chi connectivity index (χ2v) is 7.95. The lowest BCUT2D eigenvalue weighted by molar-refractivity contribution is -0.138. The number of aromatic nitrogens is 4. The first-order valence-corrected chi connectivity index (χ1v) is 10.9. The van der Waals surface area contributed by atoms with Crippen LogP contribution in [0.1, 0.15) is 27.3 Å². The van der Waals surface area contributed by atoms with E-state index in [9.17, 15) is 27.6 Å². The number of carboxylic acid groups (broad SMARTS) is 1. The molecule has 2 aromatic heterocycles. The van der Waals surface area contributed by atoms with E-state index >= 15 is 0 Å². The summed E-state index contributed by atoms with van der Waals surface area (Å²) >= 11 is 0. The van der Waals surface area contributed by atoms with E-state index in [-0.39, 0.29) is 22.8 Å². The molecule has 0 fully saturated rings. The Morgan fingerprint density at radius 2 is 1.82 bits per heavy atom. The van der Waals surface area contributed by atoms with Gasteiger partial charge in [0.2, 0.25) is 0 Å². The van der Waals surface area contributed by atoms with Crippen molar-refractivity contribution in [3.05, 3.63) is 93.7 Å². The number of aliphatic carboxylic acids is 1. The summed E-state index contributed by atoms with van der Waals surface area (Å²) in [7, 11) is 0. The van der Waals surface area contributed by atoms with Gasteiger partial charge in [-0.1, -0.05) is 6.07 Å². The first kappa shape index (κ1) is 25.8. The average molecular weight is 522 g/mol. The van der Waals surface area contributed by atoms with Crippen molar-refractivity contribution in [1.29, 1.82) is 5.26 Å². The van der Waals surface area contributed by atoms with Gasteiger partial charge in [0.1, 0.15) is 12.2 Å². The third kappa shape index (κ3) is 5.00. The minimum absolute atomic E-state index is 0.0318. The predicted octanol–water partition coefficient (Wildman–Crippen LogP) is 3.10. The lowest BCUT2D eigenvalue weighted by atomic mass is 10.1. The Balaban J connectivity index is 1.97. The van der Waals surface area contributed by atoms with Crippen molar-refractivity contribution in [2.75, 3.05) is 6.54 Å². The summed E-state index contributed by atoms with van der Waals surface area (Å²) in [5, 5.41) is 24.3. The van der Waals surface area contributed by atoms with Crippen molar-refractivity contribution in [2.24, 2.45) is 0 Å². The van der Waals surface area contributed by atoms with Gasteiger partial charge in [0.15, 0.2) is 5.69 Å². The number of amides is 1. The van der Waals surface area contributed by atoms with Crippen LogP contribution in [-0.4, -0.2) is 42.9 Å². The minimum Gasteiger partial charge on any atom is -0.480 e. The van der Waals surface area contributed by atoms with Gasteiger partial charge in [-0.05, 0) is 55.5 Å². The number of hydrogen-bond donors (Lipinski definition) is 2. The van der Waals surface area contributed by atoms with E-state index in [1.165, 1.54) is 29.9 Å². The molecule has 0 saturated carbocycles. The van der Waals surface area contributed by atoms with E-state index in [2.05, 4.69) is 15.4 Å². The quantitative estimate of drug-likeness (QED) is 0.396. The van der Waals surface area contributed by atoms with Crippen LogP contribution in [0.3, 0.4) is 0 Å². The summed E-state index contributed by atoms with van der Waals surface area (Å²) in [6.07, 6.45) is -3.28. The molecule has 1 amide bonds. The Kier molecular flexibility index (Phi) is 6.81. The summed E-state index contributed by atoms with van der Waals surface area (Å²) in [5.41, 5.74) is -1.66. The molecule has 2 aromatic carbocycles. The molecule has 38 heavy (non-hydrogen) atoms. The van der Waals surface area contributed by atoms with Crippen LogP contribution in [0.5, 0.6) is 0 Å². The van der Waals surface area contributed by atoms with Crippen LogP contribution in [0, 0.1) is 18.3 Å². The minimum atomic E-state index is -4.70. The van der Waals surface area contributed by atoms with Gasteiger partial charge in [-0.15, -0.1) is 0 Å². The normalized spacial score (nSPS) is 11.1. The first-order chi connectivity index (χ1) is 18.0. The van der Waals surface area contributed by atoms with Crippen molar-refractivity contribution in [2.45, 2.75) is 13.1 Å². The number of nitrogens with zero attached hydrogens (tertiary/aromatic N) is 5. The third-order valence-corrected chi connectivity index (χ3v) is 5.48. The van der Waals surface area contributed by atoms with E-state index in [4.69, 9.17) is 10.4 Å². The molecule has 0 bridgehead atoms. The highest BCUT2D eigenvalue weighted by Crippen LogP contribution is 2.31. The average Bonchev–Trinajstić information content (AvgIpc) is 3.37. The fourth-order valence-corrected chi connectivity index (χ4v) is 3.73. The highest BCUT2D eigenvalue weighted by molar-refractivity contribution is 5.94. The molecule has 0 atom stereocenters. The Labute approximate surface area is 212 Å². The smallest absolute Gasteiger partial charge is 0.416 e. The molecule has 2 heterocycles. The van der Waals surface area contributed by atoms with Crippen LogP contribution >= 0.6 is 0 Å². The number of rotatable bonds is 6. The highest BCUT2D eigenvalue weighted by atomic mass is 19.4. The van der Waals surface area contributed by atoms with Crippen LogP contribution in [0.15, 0.2) is 65.6 Å². The molecule has 4 aromatic rings. The second-order valence-electron chi connectivity index (χ2n) is 7.95. The van der Waals surface area contributed by atoms with Crippen LogP contribution in [0.2, 0.25) is 0 Å². The number of benzene rings is 2. The summed E-state index contributed by atoms with van der Waals surface area (Å²) in [5.74, 6) is -2.49. The molecule has 13 heteroatoms. The third-order valence-electron chi connectivity index (χ3n) is 5.48. The molecule has 0 spiro atoms. The van der Waals surface area contributed by atoms with Crippen molar-refractivity contribution in [1.82, 2.24) is 24.6 Å². The van der Waals surface area contributed by atoms with Gasteiger partial charge in [0.05, 0.1) is 40.5 Å². The summed E-state index contributed by atoms with van der Waals surface area (Å²) < 4.78 is 42.6. The van der Waals surface area contributed by atoms with Gasteiger partial charge in [-0.25, -0.2) is 9.67 Å². The number of carbonyl (C=O) groups is 2. The van der Waals surface area contributed by atoms with E-state index in [1.807, 2.05) is 6.07 Å². The maximum absolute atomic E-state index is 13.4. The number of nitrogens with one attached hydrogen (secondary N) is 1. The molecule has 2 N–H and O–H groups in total. The monoisotopic (exact) mass is 522 g/mol. The predicted molar refractivity (Wildman–Crippen MR) is 127 cm³/mol. The Hall–Kier alpha value is -5.25. The first-order valence-electron chi connectivity index (χ1n) is 10.9. The molecule has 0 aliphatic rings. The summed E-state index contributed by atoms with van der Waals surface area (Å²) in [6.45, 7) is 0.634. The van der Waals surface area contributed by atoms with Gasteiger partial charge in [-0.2, -0.15) is 23.5 Å². The van der Waals surface area contributed by atoms with Gasteiger partial charge < -0.3 is 10.4 Å². The van der Waals surface area contributed by atoms with Gasteiger partial charge in [-0.3, -0.25) is 19.0 Å². The molecule has 0 saturated heterocycles. The molecule has 192 valence electrons. The number of halogens is 3. The van der Waals surface area contributed by atoms with Crippen LogP contribution in [0.25, 0.3) is 22.8 Å². The largest absolute Gasteiger partial charge is 0.480 e. The number of carboxylic acids is 1. The molecule has 0 unspecified atom stereocenters. The number of carbonyl (C=O) groups excluding carboxylic acids is 1. The van der Waals surface area contributed by atoms with Crippen LogP contribution in [-0.2, 0) is 11.0 Å². The standard InChI is InChI=1S/C25H17F3N6O4/c1-14-21(19-9-10-31-34(19)17-7-5-15(12-29)6-8-17)32-22(23(37)30-13-20(35)36)24(38)33(14)18-4-2-3-16(11-18)25(26,27)28/h2-11H,13H2,1H3,(H,30,37)(H,35,36). The van der Waals surface area contributed by atoms with Crippen molar-refractivity contribution < 1.29 is 27.9 Å². The Bertz CT molecular complexity index is 1650. The summed E-state index contributed by atoms with van der Waals surface area (Å²) in [6, 6.07) is 13.8. The SMILES string of the molecule is Cc1c(-c2ccnn2-c2ccc(C#N)cc2)nc(C(=O)NCC(=O)O)c(=O)n1-c1cccc(C(F)(F)F)c1. The van der Waals surface area contributed by atoms with Crippen molar-refractivity contribution in [3.63, 3.8) is 0 Å². The van der Waals surface area contributed by atoms with E-state index in [0.717, 1.165) is 22.8 Å². The van der Waals surface area contributed by atoms with E-state index in [1.54, 1.807) is 24.3 Å². The topological polar surface area (TPSA) is 143 Å². The molecular formula is C25H17F3N6O4. The second kappa shape index (κ2) is 10.0. The zero-order chi connectivity index (χ0) is 27.6. The lowest BCUT2D eigenvalue weighted by Gasteiger charge is -2.17. The lowest BCUT2D eigenvalue weighted by Crippen LogP contribution is -2.37. The Morgan fingerprint density at radius 1 is 1.11 bits per heavy atom. The maximum atomic E-state index is 13.4. The molecule has 0 radical (unpaired) electrons. The number of nitriles is 1. The van der Waals surface area contributed by atoms with Crippen molar-refractivity contribution >= 4 is 11.9 Å². The highest BCUT2D eigenvalue weighted by Gasteiger charge is 2.31. The van der Waals surface area contributed by atoms with Crippen molar-refractivity contribution in [3.8, 4) is 28.8 Å².